The van der Waals surface area contributed by atoms with Crippen molar-refractivity contribution < 1.29 is 0 Å². The number of rotatable bonds is 5. The molecule has 0 amide bonds. The van der Waals surface area contributed by atoms with Crippen LogP contribution in [0, 0.1) is 5.41 Å². The summed E-state index contributed by atoms with van der Waals surface area (Å²) in [5.41, 5.74) is 0.223. The SMILES string of the molecule is CN(C)CC(C)(C)CNc1cccnn1. The highest BCUT2D eigenvalue weighted by Gasteiger charge is 2.18. The van der Waals surface area contributed by atoms with E-state index in [2.05, 4.69) is 48.4 Å². The molecule has 84 valence electrons. The van der Waals surface area contributed by atoms with E-state index in [1.54, 1.807) is 6.20 Å². The summed E-state index contributed by atoms with van der Waals surface area (Å²) in [5.74, 6) is 0.837. The Labute approximate surface area is 91.7 Å². The Morgan fingerprint density at radius 3 is 2.67 bits per heavy atom. The van der Waals surface area contributed by atoms with Crippen LogP contribution >= 0.6 is 0 Å². The van der Waals surface area contributed by atoms with Crippen molar-refractivity contribution in [2.45, 2.75) is 13.8 Å². The van der Waals surface area contributed by atoms with E-state index in [1.165, 1.54) is 0 Å². The molecule has 1 N–H and O–H groups in total. The number of nitrogens with one attached hydrogen (secondary N) is 1. The van der Waals surface area contributed by atoms with Crippen molar-refractivity contribution in [2.24, 2.45) is 5.41 Å². The van der Waals surface area contributed by atoms with E-state index in [9.17, 15) is 0 Å². The first kappa shape index (κ1) is 11.9. The van der Waals surface area contributed by atoms with Gasteiger partial charge in [0.1, 0.15) is 5.82 Å². The summed E-state index contributed by atoms with van der Waals surface area (Å²) in [4.78, 5) is 2.19. The molecule has 1 aromatic rings. The van der Waals surface area contributed by atoms with Crippen molar-refractivity contribution in [3.05, 3.63) is 18.3 Å². The van der Waals surface area contributed by atoms with Gasteiger partial charge in [-0.2, -0.15) is 5.10 Å². The van der Waals surface area contributed by atoms with Crippen LogP contribution in [0.3, 0.4) is 0 Å². The smallest absolute Gasteiger partial charge is 0.148 e. The summed E-state index contributed by atoms with van der Waals surface area (Å²) >= 11 is 0. The van der Waals surface area contributed by atoms with E-state index < -0.39 is 0 Å². The average Bonchev–Trinajstić information content (AvgIpc) is 2.15. The summed E-state index contributed by atoms with van der Waals surface area (Å²) in [6.45, 7) is 6.40. The molecule has 0 aliphatic carbocycles. The van der Waals surface area contributed by atoms with Gasteiger partial charge in [-0.15, -0.1) is 5.10 Å². The quantitative estimate of drug-likeness (QED) is 0.795. The molecule has 0 unspecified atom stereocenters. The maximum atomic E-state index is 3.99. The Morgan fingerprint density at radius 1 is 1.40 bits per heavy atom. The van der Waals surface area contributed by atoms with E-state index in [4.69, 9.17) is 0 Å². The van der Waals surface area contributed by atoms with Crippen LogP contribution in [0.2, 0.25) is 0 Å². The molecule has 0 fully saturated rings. The molecule has 0 saturated heterocycles. The van der Waals surface area contributed by atoms with Gasteiger partial charge in [-0.1, -0.05) is 13.8 Å². The molecule has 0 aromatic carbocycles. The summed E-state index contributed by atoms with van der Waals surface area (Å²) in [7, 11) is 4.17. The van der Waals surface area contributed by atoms with E-state index in [-0.39, 0.29) is 5.41 Å². The van der Waals surface area contributed by atoms with E-state index in [0.29, 0.717) is 0 Å². The number of aromatic nitrogens is 2. The second-order valence-electron chi connectivity index (χ2n) is 4.86. The zero-order valence-electron chi connectivity index (χ0n) is 9.99. The minimum atomic E-state index is 0.223. The van der Waals surface area contributed by atoms with Gasteiger partial charge >= 0.3 is 0 Å². The van der Waals surface area contributed by atoms with Gasteiger partial charge in [0.05, 0.1) is 0 Å². The van der Waals surface area contributed by atoms with Gasteiger partial charge in [0, 0.05) is 19.3 Å². The van der Waals surface area contributed by atoms with Crippen LogP contribution in [-0.2, 0) is 0 Å². The fourth-order valence-electron chi connectivity index (χ4n) is 1.64. The third kappa shape index (κ3) is 4.74. The topological polar surface area (TPSA) is 41.0 Å². The number of anilines is 1. The van der Waals surface area contributed by atoms with Crippen molar-refractivity contribution >= 4 is 5.82 Å². The Morgan fingerprint density at radius 2 is 2.13 bits per heavy atom. The standard InChI is InChI=1S/C11H20N4/c1-11(2,9-15(3)4)8-12-10-6-5-7-13-14-10/h5-7H,8-9H2,1-4H3,(H,12,14). The lowest BCUT2D eigenvalue weighted by atomic mass is 9.93. The van der Waals surface area contributed by atoms with E-state index >= 15 is 0 Å². The monoisotopic (exact) mass is 208 g/mol. The van der Waals surface area contributed by atoms with Crippen molar-refractivity contribution in [3.8, 4) is 0 Å². The van der Waals surface area contributed by atoms with Crippen LogP contribution in [0.1, 0.15) is 13.8 Å². The van der Waals surface area contributed by atoms with Gasteiger partial charge in [-0.05, 0) is 31.6 Å². The zero-order valence-corrected chi connectivity index (χ0v) is 9.99. The van der Waals surface area contributed by atoms with Crippen LogP contribution in [0.25, 0.3) is 0 Å². The van der Waals surface area contributed by atoms with Crippen LogP contribution in [-0.4, -0.2) is 42.3 Å². The Hall–Kier alpha value is -1.16. The Kier molecular flexibility index (Phi) is 4.03. The summed E-state index contributed by atoms with van der Waals surface area (Å²) in [5, 5.41) is 11.1. The van der Waals surface area contributed by atoms with Crippen LogP contribution in [0.5, 0.6) is 0 Å². The van der Waals surface area contributed by atoms with Gasteiger partial charge in [0.2, 0.25) is 0 Å². The van der Waals surface area contributed by atoms with Crippen molar-refractivity contribution in [1.82, 2.24) is 15.1 Å². The fraction of sp³-hybridized carbons (Fsp3) is 0.636. The summed E-state index contributed by atoms with van der Waals surface area (Å²) in [6, 6.07) is 3.81. The number of hydrogen-bond acceptors (Lipinski definition) is 4. The molecule has 0 radical (unpaired) electrons. The molecule has 1 rings (SSSR count). The third-order valence-electron chi connectivity index (χ3n) is 2.06. The van der Waals surface area contributed by atoms with Gasteiger partial charge in [0.15, 0.2) is 0 Å². The van der Waals surface area contributed by atoms with Crippen LogP contribution < -0.4 is 5.32 Å². The normalized spacial score (nSPS) is 11.8. The lowest BCUT2D eigenvalue weighted by molar-refractivity contribution is 0.254. The first-order valence-electron chi connectivity index (χ1n) is 5.16. The predicted octanol–water partition coefficient (Wildman–Crippen LogP) is 1.48. The lowest BCUT2D eigenvalue weighted by Gasteiger charge is -2.28. The molecule has 1 aromatic heterocycles. The van der Waals surface area contributed by atoms with Crippen LogP contribution in [0.4, 0.5) is 5.82 Å². The molecule has 1 heterocycles. The molecule has 4 nitrogen and oxygen atoms in total. The second kappa shape index (κ2) is 5.07. The molecule has 15 heavy (non-hydrogen) atoms. The second-order valence-corrected chi connectivity index (χ2v) is 4.86. The van der Waals surface area contributed by atoms with Gasteiger partial charge in [-0.25, -0.2) is 0 Å². The summed E-state index contributed by atoms with van der Waals surface area (Å²) in [6.07, 6.45) is 1.68. The van der Waals surface area contributed by atoms with E-state index in [1.807, 2.05) is 12.1 Å². The summed E-state index contributed by atoms with van der Waals surface area (Å²) < 4.78 is 0. The first-order chi connectivity index (χ1) is 6.99. The third-order valence-corrected chi connectivity index (χ3v) is 2.06. The zero-order chi connectivity index (χ0) is 11.3. The molecule has 4 heteroatoms. The van der Waals surface area contributed by atoms with E-state index in [0.717, 1.165) is 18.9 Å². The molecular weight excluding hydrogens is 188 g/mol. The maximum absolute atomic E-state index is 3.99. The van der Waals surface area contributed by atoms with Gasteiger partial charge in [0.25, 0.3) is 0 Å². The highest BCUT2D eigenvalue weighted by atomic mass is 15.2. The fourth-order valence-corrected chi connectivity index (χ4v) is 1.64. The Balaban J connectivity index is 2.42. The number of nitrogens with zero attached hydrogens (tertiary/aromatic N) is 3. The molecule has 0 aliphatic rings. The van der Waals surface area contributed by atoms with Crippen molar-refractivity contribution in [3.63, 3.8) is 0 Å². The predicted molar refractivity (Wildman–Crippen MR) is 62.9 cm³/mol. The lowest BCUT2D eigenvalue weighted by Crippen LogP contribution is -2.34. The van der Waals surface area contributed by atoms with Gasteiger partial charge < -0.3 is 10.2 Å². The minimum absolute atomic E-state index is 0.223. The van der Waals surface area contributed by atoms with Crippen molar-refractivity contribution in [1.29, 1.82) is 0 Å². The molecule has 0 aliphatic heterocycles. The largest absolute Gasteiger partial charge is 0.368 e. The molecule has 0 spiro atoms. The first-order valence-corrected chi connectivity index (χ1v) is 5.16. The molecule has 0 saturated carbocycles. The molecule has 0 bridgehead atoms. The Bertz CT molecular complexity index is 282. The van der Waals surface area contributed by atoms with Crippen molar-refractivity contribution in [2.75, 3.05) is 32.5 Å². The molecular formula is C11H20N4. The highest BCUT2D eigenvalue weighted by molar-refractivity contribution is 5.31. The average molecular weight is 208 g/mol. The highest BCUT2D eigenvalue weighted by Crippen LogP contribution is 2.16. The minimum Gasteiger partial charge on any atom is -0.368 e. The maximum Gasteiger partial charge on any atom is 0.148 e. The number of hydrogen-bond donors (Lipinski definition) is 1. The van der Waals surface area contributed by atoms with Crippen LogP contribution in [0.15, 0.2) is 18.3 Å². The molecule has 0 atom stereocenters. The van der Waals surface area contributed by atoms with Gasteiger partial charge in [-0.3, -0.25) is 0 Å².